The van der Waals surface area contributed by atoms with Gasteiger partial charge in [0, 0.05) is 36.6 Å². The van der Waals surface area contributed by atoms with Crippen LogP contribution in [0.4, 0.5) is 11.4 Å². The summed E-state index contributed by atoms with van der Waals surface area (Å²) in [7, 11) is 0. The second-order valence-electron chi connectivity index (χ2n) is 6.31. The van der Waals surface area contributed by atoms with Crippen molar-refractivity contribution in [1.82, 2.24) is 0 Å². The lowest BCUT2D eigenvalue weighted by atomic mass is 10.1. The molecule has 1 aliphatic rings. The van der Waals surface area contributed by atoms with Crippen LogP contribution in [0.2, 0.25) is 0 Å². The molecular weight excluding hydrogens is 334 g/mol. The molecule has 0 spiro atoms. The summed E-state index contributed by atoms with van der Waals surface area (Å²) in [6, 6.07) is 15.5. The maximum absolute atomic E-state index is 12.4. The molecule has 1 aliphatic heterocycles. The van der Waals surface area contributed by atoms with Crippen LogP contribution in [0, 0.1) is 0 Å². The van der Waals surface area contributed by atoms with Gasteiger partial charge in [-0.2, -0.15) is 0 Å². The van der Waals surface area contributed by atoms with E-state index in [1.165, 1.54) is 31.4 Å². The highest BCUT2D eigenvalue weighted by Gasteiger charge is 2.11. The van der Waals surface area contributed by atoms with Gasteiger partial charge in [0.15, 0.2) is 0 Å². The van der Waals surface area contributed by atoms with Crippen LogP contribution in [0.15, 0.2) is 48.5 Å². The molecule has 4 nitrogen and oxygen atoms in total. The standard InChI is InChI=1S/C20H25N3O.ClH/c21-15-16-8-10-17(11-9-16)20(24)22-18-6-5-7-19(14-18)23-12-3-1-2-4-13-23;/h5-11,14H,1-4,12-13,15,21H2,(H,22,24);1H. The molecule has 2 aromatic rings. The zero-order valence-electron chi connectivity index (χ0n) is 14.4. The molecule has 2 aromatic carbocycles. The first kappa shape index (κ1) is 19.3. The summed E-state index contributed by atoms with van der Waals surface area (Å²) < 4.78 is 0. The van der Waals surface area contributed by atoms with E-state index in [1.54, 1.807) is 0 Å². The van der Waals surface area contributed by atoms with Crippen molar-refractivity contribution in [3.63, 3.8) is 0 Å². The molecule has 0 unspecified atom stereocenters. The molecule has 0 aromatic heterocycles. The van der Waals surface area contributed by atoms with Crippen molar-refractivity contribution < 1.29 is 4.79 Å². The van der Waals surface area contributed by atoms with E-state index < -0.39 is 0 Å². The first-order valence-electron chi connectivity index (χ1n) is 8.71. The lowest BCUT2D eigenvalue weighted by Gasteiger charge is -2.23. The second kappa shape index (κ2) is 9.44. The summed E-state index contributed by atoms with van der Waals surface area (Å²) in [4.78, 5) is 14.8. The molecule has 0 aliphatic carbocycles. The van der Waals surface area contributed by atoms with Crippen LogP contribution in [0.3, 0.4) is 0 Å². The highest BCUT2D eigenvalue weighted by atomic mass is 35.5. The predicted molar refractivity (Wildman–Crippen MR) is 107 cm³/mol. The monoisotopic (exact) mass is 359 g/mol. The molecule has 5 heteroatoms. The van der Waals surface area contributed by atoms with Gasteiger partial charge in [-0.1, -0.05) is 31.0 Å². The van der Waals surface area contributed by atoms with Crippen molar-refractivity contribution in [1.29, 1.82) is 0 Å². The summed E-state index contributed by atoms with van der Waals surface area (Å²) in [5.41, 5.74) is 9.29. The van der Waals surface area contributed by atoms with Crippen LogP contribution in [0.25, 0.3) is 0 Å². The third-order valence-corrected chi connectivity index (χ3v) is 4.53. The zero-order chi connectivity index (χ0) is 16.8. The largest absolute Gasteiger partial charge is 0.371 e. The summed E-state index contributed by atoms with van der Waals surface area (Å²) >= 11 is 0. The van der Waals surface area contributed by atoms with Crippen molar-refractivity contribution in [3.05, 3.63) is 59.7 Å². The maximum atomic E-state index is 12.4. The molecule has 1 fully saturated rings. The van der Waals surface area contributed by atoms with Crippen molar-refractivity contribution in [2.24, 2.45) is 5.73 Å². The van der Waals surface area contributed by atoms with E-state index in [2.05, 4.69) is 22.3 Å². The fraction of sp³-hybridized carbons (Fsp3) is 0.350. The molecule has 3 N–H and O–H groups in total. The maximum Gasteiger partial charge on any atom is 0.255 e. The molecule has 0 saturated carbocycles. The number of amides is 1. The highest BCUT2D eigenvalue weighted by Crippen LogP contribution is 2.23. The Kier molecular flexibility index (Phi) is 7.29. The first-order valence-corrected chi connectivity index (χ1v) is 8.71. The quantitative estimate of drug-likeness (QED) is 0.860. The average Bonchev–Trinajstić information content (AvgIpc) is 2.91. The Balaban J connectivity index is 0.00000225. The predicted octanol–water partition coefficient (Wildman–Crippen LogP) is 4.20. The van der Waals surface area contributed by atoms with E-state index in [1.807, 2.05) is 36.4 Å². The lowest BCUT2D eigenvalue weighted by molar-refractivity contribution is 0.102. The summed E-state index contributed by atoms with van der Waals surface area (Å²) in [5.74, 6) is -0.0911. The first-order chi connectivity index (χ1) is 11.8. The van der Waals surface area contributed by atoms with Crippen LogP contribution < -0.4 is 16.0 Å². The number of rotatable bonds is 4. The van der Waals surface area contributed by atoms with E-state index in [0.29, 0.717) is 12.1 Å². The third kappa shape index (κ3) is 5.21. The number of carbonyl (C=O) groups excluding carboxylic acids is 1. The molecule has 134 valence electrons. The van der Waals surface area contributed by atoms with E-state index >= 15 is 0 Å². The molecule has 3 rings (SSSR count). The Morgan fingerprint density at radius 2 is 1.68 bits per heavy atom. The molecule has 0 atom stereocenters. The zero-order valence-corrected chi connectivity index (χ0v) is 15.2. The number of halogens is 1. The van der Waals surface area contributed by atoms with Crippen molar-refractivity contribution in [3.8, 4) is 0 Å². The van der Waals surface area contributed by atoms with Crippen LogP contribution in [-0.2, 0) is 6.54 Å². The minimum atomic E-state index is -0.0911. The van der Waals surface area contributed by atoms with Gasteiger partial charge in [-0.25, -0.2) is 0 Å². The van der Waals surface area contributed by atoms with Crippen molar-refractivity contribution in [2.75, 3.05) is 23.3 Å². The van der Waals surface area contributed by atoms with Gasteiger partial charge in [-0.3, -0.25) is 4.79 Å². The molecule has 0 bridgehead atoms. The van der Waals surface area contributed by atoms with Gasteiger partial charge < -0.3 is 16.0 Å². The Labute approximate surface area is 155 Å². The van der Waals surface area contributed by atoms with Crippen LogP contribution >= 0.6 is 12.4 Å². The van der Waals surface area contributed by atoms with E-state index in [9.17, 15) is 4.79 Å². The summed E-state index contributed by atoms with van der Waals surface area (Å²) in [5, 5.41) is 2.99. The summed E-state index contributed by atoms with van der Waals surface area (Å²) in [6.07, 6.45) is 5.10. The minimum Gasteiger partial charge on any atom is -0.371 e. The molecule has 1 heterocycles. The average molecular weight is 360 g/mol. The Hall–Kier alpha value is -2.04. The molecule has 1 saturated heterocycles. The lowest BCUT2D eigenvalue weighted by Crippen LogP contribution is -2.24. The van der Waals surface area contributed by atoms with Gasteiger partial charge in [0.2, 0.25) is 0 Å². The molecule has 25 heavy (non-hydrogen) atoms. The van der Waals surface area contributed by atoms with Gasteiger partial charge in [-0.15, -0.1) is 12.4 Å². The molecule has 0 radical (unpaired) electrons. The van der Waals surface area contributed by atoms with Crippen LogP contribution in [-0.4, -0.2) is 19.0 Å². The summed E-state index contributed by atoms with van der Waals surface area (Å²) in [6.45, 7) is 2.68. The number of nitrogens with one attached hydrogen (secondary N) is 1. The van der Waals surface area contributed by atoms with E-state index in [4.69, 9.17) is 5.73 Å². The number of hydrogen-bond acceptors (Lipinski definition) is 3. The number of anilines is 2. The Bertz CT molecular complexity index is 680. The smallest absolute Gasteiger partial charge is 0.255 e. The Morgan fingerprint density at radius 3 is 2.32 bits per heavy atom. The number of benzene rings is 2. The number of nitrogens with zero attached hydrogens (tertiary/aromatic N) is 1. The topological polar surface area (TPSA) is 58.4 Å². The molecule has 1 amide bonds. The van der Waals surface area contributed by atoms with E-state index in [-0.39, 0.29) is 18.3 Å². The van der Waals surface area contributed by atoms with Gasteiger partial charge in [0.05, 0.1) is 0 Å². The number of hydrogen-bond donors (Lipinski definition) is 2. The van der Waals surface area contributed by atoms with Crippen molar-refractivity contribution >= 4 is 29.7 Å². The fourth-order valence-electron chi connectivity index (χ4n) is 3.10. The minimum absolute atomic E-state index is 0. The van der Waals surface area contributed by atoms with Gasteiger partial charge in [0.25, 0.3) is 5.91 Å². The Morgan fingerprint density at radius 1 is 1.00 bits per heavy atom. The van der Waals surface area contributed by atoms with Crippen molar-refractivity contribution in [2.45, 2.75) is 32.2 Å². The van der Waals surface area contributed by atoms with Gasteiger partial charge in [0.1, 0.15) is 0 Å². The number of carbonyl (C=O) groups is 1. The normalized spacial score (nSPS) is 14.4. The highest BCUT2D eigenvalue weighted by molar-refractivity contribution is 6.04. The number of nitrogens with two attached hydrogens (primary N) is 1. The van der Waals surface area contributed by atoms with Crippen LogP contribution in [0.5, 0.6) is 0 Å². The molecular formula is C20H26ClN3O. The fourth-order valence-corrected chi connectivity index (χ4v) is 3.10. The van der Waals surface area contributed by atoms with Gasteiger partial charge >= 0.3 is 0 Å². The van der Waals surface area contributed by atoms with E-state index in [0.717, 1.165) is 24.3 Å². The second-order valence-corrected chi connectivity index (χ2v) is 6.31. The third-order valence-electron chi connectivity index (χ3n) is 4.53. The SMILES string of the molecule is Cl.NCc1ccc(C(=O)Nc2cccc(N3CCCCCC3)c2)cc1. The van der Waals surface area contributed by atoms with Gasteiger partial charge in [-0.05, 0) is 48.7 Å². The van der Waals surface area contributed by atoms with Crippen LogP contribution in [0.1, 0.15) is 41.6 Å².